The number of carboxylic acid groups (broad SMARTS) is 1. The van der Waals surface area contributed by atoms with Crippen LogP contribution in [0.1, 0.15) is 6.92 Å². The second-order valence-corrected chi connectivity index (χ2v) is 5.36. The van der Waals surface area contributed by atoms with Crippen molar-refractivity contribution in [3.63, 3.8) is 0 Å². The zero-order valence-electron chi connectivity index (χ0n) is 7.43. The van der Waals surface area contributed by atoms with Crippen molar-refractivity contribution in [2.45, 2.75) is 6.92 Å². The van der Waals surface area contributed by atoms with Gasteiger partial charge in [0.1, 0.15) is 0 Å². The van der Waals surface area contributed by atoms with E-state index in [0.717, 1.165) is 11.8 Å². The van der Waals surface area contributed by atoms with Crippen molar-refractivity contribution in [3.8, 4) is 0 Å². The lowest BCUT2D eigenvalue weighted by Crippen LogP contribution is -2.07. The van der Waals surface area contributed by atoms with E-state index in [1.54, 1.807) is 0 Å². The fourth-order valence-electron chi connectivity index (χ4n) is 0.902. The Labute approximate surface area is 86.0 Å². The molecule has 7 heteroatoms. The van der Waals surface area contributed by atoms with Crippen LogP contribution in [0.15, 0.2) is 15.4 Å². The highest BCUT2D eigenvalue weighted by Gasteiger charge is 2.29. The quantitative estimate of drug-likeness (QED) is 0.766. The number of hydrogen-bond donors (Lipinski definition) is 1. The van der Waals surface area contributed by atoms with Gasteiger partial charge in [-0.1, -0.05) is 6.92 Å². The molecule has 0 aromatic carbocycles. The zero-order valence-corrected chi connectivity index (χ0v) is 9.06. The van der Waals surface area contributed by atoms with Crippen LogP contribution in [0, 0.1) is 0 Å². The molecule has 0 amide bonds. The number of sulfonamides is 1. The third-order valence-electron chi connectivity index (χ3n) is 1.48. The normalized spacial score (nSPS) is 18.9. The molecule has 1 aliphatic rings. The molecule has 1 aliphatic heterocycles. The van der Waals surface area contributed by atoms with Gasteiger partial charge in [-0.15, -0.1) is 0 Å². The molecule has 0 fully saturated rings. The Balaban J connectivity index is 2.90. The van der Waals surface area contributed by atoms with Gasteiger partial charge in [0, 0.05) is 5.75 Å². The first-order chi connectivity index (χ1) is 6.47. The van der Waals surface area contributed by atoms with E-state index in [-0.39, 0.29) is 0 Å². The first-order valence-corrected chi connectivity index (χ1v) is 6.43. The number of carboxylic acids is 1. The lowest BCUT2D eigenvalue weighted by atomic mass is 10.4. The third kappa shape index (κ3) is 2.36. The highest BCUT2D eigenvalue weighted by Crippen LogP contribution is 2.18. The average Bonchev–Trinajstić information content (AvgIpc) is 2.37. The SMILES string of the molecule is CCSCC1=NS(=O)(=O)C(C(=O)O)=C1. The Kier molecular flexibility index (Phi) is 3.33. The molecule has 1 heterocycles. The van der Waals surface area contributed by atoms with E-state index >= 15 is 0 Å². The number of rotatable bonds is 4. The van der Waals surface area contributed by atoms with E-state index in [0.29, 0.717) is 11.5 Å². The van der Waals surface area contributed by atoms with E-state index in [1.165, 1.54) is 11.8 Å². The summed E-state index contributed by atoms with van der Waals surface area (Å²) in [7, 11) is -3.93. The molecule has 1 N–H and O–H groups in total. The van der Waals surface area contributed by atoms with Crippen molar-refractivity contribution >= 4 is 33.5 Å². The summed E-state index contributed by atoms with van der Waals surface area (Å²) in [6, 6.07) is 0. The van der Waals surface area contributed by atoms with Crippen molar-refractivity contribution in [3.05, 3.63) is 11.0 Å². The van der Waals surface area contributed by atoms with Crippen molar-refractivity contribution in [1.29, 1.82) is 0 Å². The fourth-order valence-corrected chi connectivity index (χ4v) is 2.58. The Morgan fingerprint density at radius 2 is 2.29 bits per heavy atom. The second kappa shape index (κ2) is 4.14. The van der Waals surface area contributed by atoms with Gasteiger partial charge in [0.15, 0.2) is 4.91 Å². The summed E-state index contributed by atoms with van der Waals surface area (Å²) < 4.78 is 25.6. The maximum absolute atomic E-state index is 11.1. The summed E-state index contributed by atoms with van der Waals surface area (Å²) in [5.41, 5.74) is 0.300. The first-order valence-electron chi connectivity index (χ1n) is 3.84. The Hall–Kier alpha value is -0.820. The van der Waals surface area contributed by atoms with Crippen molar-refractivity contribution in [2.75, 3.05) is 11.5 Å². The number of allylic oxidation sites excluding steroid dienone is 1. The molecular weight excluding hydrogens is 226 g/mol. The third-order valence-corrected chi connectivity index (χ3v) is 3.71. The van der Waals surface area contributed by atoms with Gasteiger partial charge in [-0.05, 0) is 11.8 Å². The minimum atomic E-state index is -3.93. The van der Waals surface area contributed by atoms with Crippen molar-refractivity contribution in [2.24, 2.45) is 4.40 Å². The topological polar surface area (TPSA) is 83.8 Å². The van der Waals surface area contributed by atoms with Crippen LogP contribution in [0.3, 0.4) is 0 Å². The van der Waals surface area contributed by atoms with Gasteiger partial charge in [0.05, 0.1) is 5.71 Å². The first kappa shape index (κ1) is 11.3. The van der Waals surface area contributed by atoms with E-state index in [1.807, 2.05) is 6.92 Å². The van der Waals surface area contributed by atoms with Gasteiger partial charge < -0.3 is 5.11 Å². The molecule has 0 saturated carbocycles. The lowest BCUT2D eigenvalue weighted by Gasteiger charge is -1.92. The molecule has 0 aromatic rings. The van der Waals surface area contributed by atoms with Crippen LogP contribution in [-0.2, 0) is 14.8 Å². The number of nitrogens with zero attached hydrogens (tertiary/aromatic N) is 1. The van der Waals surface area contributed by atoms with Crippen LogP contribution in [0.25, 0.3) is 0 Å². The predicted octanol–water partition coefficient (Wildman–Crippen LogP) is 0.492. The van der Waals surface area contributed by atoms with Crippen LogP contribution in [0.4, 0.5) is 0 Å². The van der Waals surface area contributed by atoms with Crippen molar-refractivity contribution in [1.82, 2.24) is 0 Å². The minimum absolute atomic E-state index is 0.300. The van der Waals surface area contributed by atoms with Gasteiger partial charge in [-0.25, -0.2) is 4.79 Å². The van der Waals surface area contributed by atoms with E-state index in [4.69, 9.17) is 5.11 Å². The van der Waals surface area contributed by atoms with E-state index in [9.17, 15) is 13.2 Å². The summed E-state index contributed by atoms with van der Waals surface area (Å²) in [5.74, 6) is -0.202. The largest absolute Gasteiger partial charge is 0.477 e. The van der Waals surface area contributed by atoms with Gasteiger partial charge in [-0.3, -0.25) is 0 Å². The standard InChI is InChI=1S/C7H9NO4S2/c1-2-13-4-5-3-6(7(9)10)14(11,12)8-5/h3H,2,4H2,1H3,(H,9,10). The summed E-state index contributed by atoms with van der Waals surface area (Å²) in [5, 5.41) is 8.56. The van der Waals surface area contributed by atoms with Crippen LogP contribution in [0.5, 0.6) is 0 Å². The zero-order chi connectivity index (χ0) is 10.8. The number of thioether (sulfide) groups is 1. The monoisotopic (exact) mass is 235 g/mol. The molecule has 14 heavy (non-hydrogen) atoms. The molecule has 0 aromatic heterocycles. The van der Waals surface area contributed by atoms with E-state index in [2.05, 4.69) is 4.40 Å². The number of hydrogen-bond acceptors (Lipinski definition) is 4. The number of carbonyl (C=O) groups is 1. The summed E-state index contributed by atoms with van der Waals surface area (Å²) in [6.07, 6.45) is 1.11. The molecule has 0 unspecified atom stereocenters. The Morgan fingerprint density at radius 1 is 1.64 bits per heavy atom. The average molecular weight is 235 g/mol. The van der Waals surface area contributed by atoms with Gasteiger partial charge in [0.2, 0.25) is 0 Å². The summed E-state index contributed by atoms with van der Waals surface area (Å²) in [6.45, 7) is 1.93. The highest BCUT2D eigenvalue weighted by atomic mass is 32.2. The Morgan fingerprint density at radius 3 is 2.71 bits per heavy atom. The van der Waals surface area contributed by atoms with Crippen molar-refractivity contribution < 1.29 is 18.3 Å². The van der Waals surface area contributed by atoms with Crippen LogP contribution < -0.4 is 0 Å². The fraction of sp³-hybridized carbons (Fsp3) is 0.429. The van der Waals surface area contributed by atoms with Gasteiger partial charge in [0.25, 0.3) is 10.0 Å². The second-order valence-electron chi connectivity index (χ2n) is 2.51. The van der Waals surface area contributed by atoms with Gasteiger partial charge >= 0.3 is 5.97 Å². The van der Waals surface area contributed by atoms with Crippen LogP contribution in [-0.4, -0.2) is 36.7 Å². The molecule has 0 saturated heterocycles. The van der Waals surface area contributed by atoms with Crippen LogP contribution in [0.2, 0.25) is 0 Å². The molecular formula is C7H9NO4S2. The Bertz CT molecular complexity index is 407. The highest BCUT2D eigenvalue weighted by molar-refractivity contribution is 8.00. The molecule has 0 aliphatic carbocycles. The predicted molar refractivity (Wildman–Crippen MR) is 55.1 cm³/mol. The number of aliphatic carboxylic acids is 1. The molecule has 0 atom stereocenters. The summed E-state index contributed by atoms with van der Waals surface area (Å²) >= 11 is 1.49. The maximum atomic E-state index is 11.1. The maximum Gasteiger partial charge on any atom is 0.349 e. The lowest BCUT2D eigenvalue weighted by molar-refractivity contribution is -0.131. The molecule has 5 nitrogen and oxygen atoms in total. The van der Waals surface area contributed by atoms with Crippen LogP contribution >= 0.6 is 11.8 Å². The molecule has 1 rings (SSSR count). The molecule has 0 radical (unpaired) electrons. The smallest absolute Gasteiger partial charge is 0.349 e. The summed E-state index contributed by atoms with van der Waals surface area (Å²) in [4.78, 5) is 9.87. The van der Waals surface area contributed by atoms with Gasteiger partial charge in [-0.2, -0.15) is 24.6 Å². The van der Waals surface area contributed by atoms with E-state index < -0.39 is 20.9 Å². The molecule has 0 spiro atoms. The minimum Gasteiger partial charge on any atom is -0.477 e. The molecule has 0 bridgehead atoms. The molecule has 78 valence electrons.